The summed E-state index contributed by atoms with van der Waals surface area (Å²) in [7, 11) is 10.3. The quantitative estimate of drug-likeness (QED) is 0.401. The average molecular weight is 435 g/mol. The van der Waals surface area contributed by atoms with Crippen LogP contribution in [0.25, 0.3) is 0 Å². The zero-order valence-corrected chi connectivity index (χ0v) is 22.3. The lowest BCUT2D eigenvalue weighted by Crippen LogP contribution is -2.26. The zero-order valence-electron chi connectivity index (χ0n) is 22.3. The normalized spacial score (nSPS) is 14.9. The molecule has 1 rings (SSSR count). The van der Waals surface area contributed by atoms with Crippen LogP contribution < -0.4 is 4.74 Å². The van der Waals surface area contributed by atoms with Crippen molar-refractivity contribution in [1.29, 1.82) is 0 Å². The minimum absolute atomic E-state index is 0.0569. The van der Waals surface area contributed by atoms with Gasteiger partial charge < -0.3 is 19.6 Å². The monoisotopic (exact) mass is 434 g/mol. The summed E-state index contributed by atoms with van der Waals surface area (Å²) in [5.74, 6) is 1.30. The van der Waals surface area contributed by atoms with Gasteiger partial charge in [0.15, 0.2) is 0 Å². The second-order valence-electron chi connectivity index (χ2n) is 11.2. The van der Waals surface area contributed by atoms with Crippen LogP contribution in [0.4, 0.5) is 0 Å². The zero-order chi connectivity index (χ0) is 24.0. The molecule has 2 unspecified atom stereocenters. The third-order valence-corrected chi connectivity index (χ3v) is 7.39. The van der Waals surface area contributed by atoms with Crippen molar-refractivity contribution in [3.8, 4) is 11.5 Å². The van der Waals surface area contributed by atoms with E-state index in [0.29, 0.717) is 17.8 Å². The summed E-state index contributed by atoms with van der Waals surface area (Å²) in [4.78, 5) is 4.54. The van der Waals surface area contributed by atoms with E-state index in [2.05, 4.69) is 85.6 Å². The third-order valence-electron chi connectivity index (χ3n) is 7.39. The molecule has 0 aromatic heterocycles. The fourth-order valence-electron chi connectivity index (χ4n) is 4.27. The first-order valence-electron chi connectivity index (χ1n) is 12.0. The summed E-state index contributed by atoms with van der Waals surface area (Å²) in [6, 6.07) is 5.19. The molecule has 2 atom stereocenters. The maximum absolute atomic E-state index is 11.0. The maximum Gasteiger partial charge on any atom is 0.123 e. The maximum atomic E-state index is 11.0. The standard InChI is InChI=1S/C27H50N2O2/c1-20(28(7)8)14-12-16-26(3,4)22-19-25(31-11)23(18-24(22)30)27(5,6)17-13-15-21(2)29(9)10/h18-21,30H,12-17H2,1-11H3. The lowest BCUT2D eigenvalue weighted by Gasteiger charge is -2.32. The molecule has 0 amide bonds. The van der Waals surface area contributed by atoms with Crippen LogP contribution in [0.15, 0.2) is 12.1 Å². The smallest absolute Gasteiger partial charge is 0.123 e. The molecule has 0 aliphatic rings. The Labute approximate surface area is 193 Å². The molecule has 1 aromatic carbocycles. The van der Waals surface area contributed by atoms with Crippen molar-refractivity contribution in [2.24, 2.45) is 0 Å². The van der Waals surface area contributed by atoms with E-state index in [9.17, 15) is 5.11 Å². The molecule has 31 heavy (non-hydrogen) atoms. The van der Waals surface area contributed by atoms with Crippen LogP contribution in [0.5, 0.6) is 11.5 Å². The van der Waals surface area contributed by atoms with Crippen LogP contribution in [-0.4, -0.2) is 62.3 Å². The molecule has 0 aliphatic heterocycles. The van der Waals surface area contributed by atoms with Gasteiger partial charge in [-0.3, -0.25) is 0 Å². The van der Waals surface area contributed by atoms with E-state index < -0.39 is 0 Å². The molecule has 0 heterocycles. The van der Waals surface area contributed by atoms with E-state index in [4.69, 9.17) is 4.74 Å². The molecule has 0 saturated carbocycles. The predicted octanol–water partition coefficient (Wildman–Crippen LogP) is 6.20. The van der Waals surface area contributed by atoms with Crippen molar-refractivity contribution in [1.82, 2.24) is 9.80 Å². The number of phenolic OH excluding ortho intramolecular Hbond substituents is 1. The molecule has 0 fully saturated rings. The molecule has 4 nitrogen and oxygen atoms in total. The Hall–Kier alpha value is -1.26. The van der Waals surface area contributed by atoms with Crippen molar-refractivity contribution < 1.29 is 9.84 Å². The molecule has 0 spiro atoms. The highest BCUT2D eigenvalue weighted by molar-refractivity contribution is 5.51. The van der Waals surface area contributed by atoms with Gasteiger partial charge in [-0.2, -0.15) is 0 Å². The lowest BCUT2D eigenvalue weighted by molar-refractivity contribution is 0.281. The lowest BCUT2D eigenvalue weighted by atomic mass is 9.75. The molecule has 1 aromatic rings. The van der Waals surface area contributed by atoms with Crippen LogP contribution in [-0.2, 0) is 10.8 Å². The van der Waals surface area contributed by atoms with Gasteiger partial charge in [0.2, 0.25) is 0 Å². The van der Waals surface area contributed by atoms with Gasteiger partial charge in [0, 0.05) is 23.2 Å². The van der Waals surface area contributed by atoms with Crippen molar-refractivity contribution in [2.75, 3.05) is 35.3 Å². The highest BCUT2D eigenvalue weighted by Crippen LogP contribution is 2.44. The SMILES string of the molecule is COc1cc(C(C)(C)CCCC(C)N(C)C)c(O)cc1C(C)(C)CCCC(C)N(C)C. The third kappa shape index (κ3) is 7.98. The summed E-state index contributed by atoms with van der Waals surface area (Å²) in [6.45, 7) is 13.5. The Morgan fingerprint density at radius 3 is 1.61 bits per heavy atom. The van der Waals surface area contributed by atoms with Crippen LogP contribution in [0.3, 0.4) is 0 Å². The van der Waals surface area contributed by atoms with Gasteiger partial charge in [0.25, 0.3) is 0 Å². The number of methoxy groups -OCH3 is 1. The van der Waals surface area contributed by atoms with Crippen molar-refractivity contribution in [3.05, 3.63) is 23.3 Å². The van der Waals surface area contributed by atoms with Gasteiger partial charge in [-0.05, 0) is 90.7 Å². The number of hydrogen-bond donors (Lipinski definition) is 1. The summed E-state index contributed by atoms with van der Waals surface area (Å²) in [6.07, 6.45) is 6.70. The summed E-state index contributed by atoms with van der Waals surface area (Å²) >= 11 is 0. The number of aromatic hydroxyl groups is 1. The summed E-state index contributed by atoms with van der Waals surface area (Å²) < 4.78 is 5.84. The minimum atomic E-state index is -0.104. The molecule has 0 radical (unpaired) electrons. The molecule has 180 valence electrons. The summed E-state index contributed by atoms with van der Waals surface area (Å²) in [5, 5.41) is 11.0. The van der Waals surface area contributed by atoms with E-state index in [1.165, 1.54) is 6.42 Å². The first-order valence-corrected chi connectivity index (χ1v) is 12.0. The minimum Gasteiger partial charge on any atom is -0.508 e. The fourth-order valence-corrected chi connectivity index (χ4v) is 4.27. The average Bonchev–Trinajstić information content (AvgIpc) is 2.66. The molecule has 0 aliphatic carbocycles. The van der Waals surface area contributed by atoms with Crippen LogP contribution in [0.1, 0.15) is 91.2 Å². The Kier molecular flexibility index (Phi) is 10.4. The number of nitrogens with zero attached hydrogens (tertiary/aromatic N) is 2. The molecule has 1 N–H and O–H groups in total. The van der Waals surface area contributed by atoms with Gasteiger partial charge in [-0.25, -0.2) is 0 Å². The van der Waals surface area contributed by atoms with Crippen LogP contribution >= 0.6 is 0 Å². The molecular formula is C27H50N2O2. The second-order valence-corrected chi connectivity index (χ2v) is 11.2. The molecule has 4 heteroatoms. The largest absolute Gasteiger partial charge is 0.508 e. The van der Waals surface area contributed by atoms with E-state index in [-0.39, 0.29) is 10.8 Å². The Morgan fingerprint density at radius 1 is 0.806 bits per heavy atom. The highest BCUT2D eigenvalue weighted by Gasteiger charge is 2.30. The molecular weight excluding hydrogens is 384 g/mol. The van der Waals surface area contributed by atoms with Gasteiger partial charge in [-0.15, -0.1) is 0 Å². The van der Waals surface area contributed by atoms with Crippen LogP contribution in [0.2, 0.25) is 0 Å². The van der Waals surface area contributed by atoms with Gasteiger partial charge >= 0.3 is 0 Å². The Bertz CT molecular complexity index is 680. The Balaban J connectivity index is 3.01. The first-order chi connectivity index (χ1) is 14.2. The van der Waals surface area contributed by atoms with E-state index >= 15 is 0 Å². The van der Waals surface area contributed by atoms with E-state index in [0.717, 1.165) is 49.0 Å². The highest BCUT2D eigenvalue weighted by atomic mass is 16.5. The molecule has 0 saturated heterocycles. The first kappa shape index (κ1) is 27.8. The number of hydrogen-bond acceptors (Lipinski definition) is 4. The van der Waals surface area contributed by atoms with E-state index in [1.54, 1.807) is 7.11 Å². The molecule has 0 bridgehead atoms. The topological polar surface area (TPSA) is 35.9 Å². The second kappa shape index (κ2) is 11.6. The summed E-state index contributed by atoms with van der Waals surface area (Å²) in [5.41, 5.74) is 1.93. The number of benzene rings is 1. The van der Waals surface area contributed by atoms with Crippen molar-refractivity contribution >= 4 is 0 Å². The van der Waals surface area contributed by atoms with Crippen molar-refractivity contribution in [3.63, 3.8) is 0 Å². The number of ether oxygens (including phenoxy) is 1. The van der Waals surface area contributed by atoms with Gasteiger partial charge in [0.05, 0.1) is 7.11 Å². The van der Waals surface area contributed by atoms with Gasteiger partial charge in [-0.1, -0.05) is 40.5 Å². The number of phenols is 1. The van der Waals surface area contributed by atoms with Crippen LogP contribution in [0, 0.1) is 0 Å². The van der Waals surface area contributed by atoms with Gasteiger partial charge in [0.1, 0.15) is 11.5 Å². The van der Waals surface area contributed by atoms with E-state index in [1.807, 2.05) is 6.07 Å². The predicted molar refractivity (Wildman–Crippen MR) is 135 cm³/mol. The number of rotatable bonds is 13. The fraction of sp³-hybridized carbons (Fsp3) is 0.778. The van der Waals surface area contributed by atoms with Crippen molar-refractivity contribution in [2.45, 2.75) is 103 Å². The Morgan fingerprint density at radius 2 is 1.23 bits per heavy atom.